The quantitative estimate of drug-likeness (QED) is 0.0872. The van der Waals surface area contributed by atoms with Gasteiger partial charge in [0.05, 0.1) is 23.9 Å². The monoisotopic (exact) mass is 915 g/mol. The summed E-state index contributed by atoms with van der Waals surface area (Å²) in [5, 5.41) is 47.6. The molecule has 0 radical (unpaired) electrons. The van der Waals surface area contributed by atoms with Crippen LogP contribution in [0.2, 0.25) is 0 Å². The number of rotatable bonds is 14. The van der Waals surface area contributed by atoms with Gasteiger partial charge in [-0.1, -0.05) is 42.5 Å². The minimum atomic E-state index is -1.26. The van der Waals surface area contributed by atoms with Crippen LogP contribution in [-0.2, 0) is 40.0 Å². The molecule has 4 aromatic rings. The largest absolute Gasteiger partial charge is 0.495 e. The fourth-order valence-corrected chi connectivity index (χ4v) is 7.07. The molecule has 0 bridgehead atoms. The van der Waals surface area contributed by atoms with Crippen molar-refractivity contribution in [1.29, 1.82) is 0 Å². The molecule has 6 rings (SSSR count). The van der Waals surface area contributed by atoms with Crippen LogP contribution in [0.25, 0.3) is 11.0 Å². The van der Waals surface area contributed by atoms with Crippen molar-refractivity contribution in [3.05, 3.63) is 109 Å². The van der Waals surface area contributed by atoms with Gasteiger partial charge in [0.1, 0.15) is 23.5 Å². The number of nitrogens with zero attached hydrogens (tertiary/aromatic N) is 6. The van der Waals surface area contributed by atoms with Gasteiger partial charge in [0.2, 0.25) is 5.91 Å². The van der Waals surface area contributed by atoms with Gasteiger partial charge in [0.25, 0.3) is 0 Å². The summed E-state index contributed by atoms with van der Waals surface area (Å²) >= 11 is 0. The molecular weight excluding hydrogens is 863 g/mol. The Balaban J connectivity index is 0.000000394. The van der Waals surface area contributed by atoms with E-state index >= 15 is 0 Å². The highest BCUT2D eigenvalue weighted by molar-refractivity contribution is 6.11. The Morgan fingerprint density at radius 2 is 1.14 bits per heavy atom. The summed E-state index contributed by atoms with van der Waals surface area (Å²) in [5.41, 5.74) is 9.81. The molecular formula is C45H53N7O14. The van der Waals surface area contributed by atoms with Crippen LogP contribution < -0.4 is 15.4 Å². The van der Waals surface area contributed by atoms with Crippen molar-refractivity contribution in [3.63, 3.8) is 0 Å². The second kappa shape index (κ2) is 26.7. The molecule has 2 aromatic heterocycles. The topological polar surface area (TPSA) is 317 Å². The minimum Gasteiger partial charge on any atom is -0.495 e. The highest BCUT2D eigenvalue weighted by atomic mass is 16.5. The molecule has 2 aliphatic rings. The molecule has 1 aliphatic heterocycles. The van der Waals surface area contributed by atoms with E-state index < -0.39 is 35.8 Å². The number of aromatic nitrogens is 3. The first-order chi connectivity index (χ1) is 31.4. The summed E-state index contributed by atoms with van der Waals surface area (Å²) in [6, 6.07) is 18.6. The predicted octanol–water partition coefficient (Wildman–Crippen LogP) is 4.19. The number of hydrogen-bond acceptors (Lipinski definition) is 13. The first-order valence-corrected chi connectivity index (χ1v) is 20.4. The number of piperazine rings is 1. The molecule has 0 atom stereocenters. The Bertz CT molecular complexity index is 2250. The number of nitrogen functional groups attached to an aromatic ring is 1. The third-order valence-electron chi connectivity index (χ3n) is 10.1. The number of nitrogens with two attached hydrogens (primary N) is 1. The number of methoxy groups -OCH3 is 1. The zero-order valence-corrected chi connectivity index (χ0v) is 36.3. The molecule has 2 aromatic carbocycles. The first kappa shape index (κ1) is 52.4. The number of para-hydroxylation sites is 2. The van der Waals surface area contributed by atoms with Crippen LogP contribution in [0.5, 0.6) is 5.75 Å². The number of hydrogen-bond donors (Lipinski definition) is 7. The second-order valence-electron chi connectivity index (χ2n) is 14.6. The predicted molar refractivity (Wildman–Crippen MR) is 240 cm³/mol. The average Bonchev–Trinajstić information content (AvgIpc) is 3.68. The van der Waals surface area contributed by atoms with Gasteiger partial charge in [0, 0.05) is 87.3 Å². The Hall–Kier alpha value is -7.91. The van der Waals surface area contributed by atoms with E-state index in [-0.39, 0.29) is 11.9 Å². The van der Waals surface area contributed by atoms with Gasteiger partial charge < -0.3 is 50.6 Å². The number of anilines is 3. The number of benzene rings is 2. The maximum atomic E-state index is 14.1. The van der Waals surface area contributed by atoms with Crippen molar-refractivity contribution in [1.82, 2.24) is 24.3 Å². The number of carboxylic acids is 6. The Morgan fingerprint density at radius 3 is 1.62 bits per heavy atom. The summed E-state index contributed by atoms with van der Waals surface area (Å²) in [7, 11) is 3.84. The van der Waals surface area contributed by atoms with Crippen molar-refractivity contribution >= 4 is 69.9 Å². The molecule has 1 amide bonds. The van der Waals surface area contributed by atoms with E-state index in [2.05, 4.69) is 44.7 Å². The van der Waals surface area contributed by atoms with Crippen LogP contribution in [0.1, 0.15) is 43.7 Å². The van der Waals surface area contributed by atoms with Crippen molar-refractivity contribution in [2.45, 2.75) is 50.6 Å². The molecule has 1 saturated carbocycles. The van der Waals surface area contributed by atoms with Crippen molar-refractivity contribution in [2.75, 3.05) is 51.0 Å². The van der Waals surface area contributed by atoms with Gasteiger partial charge in [-0.25, -0.2) is 38.7 Å². The van der Waals surface area contributed by atoms with E-state index in [4.69, 9.17) is 46.1 Å². The molecule has 1 saturated heterocycles. The van der Waals surface area contributed by atoms with Crippen LogP contribution in [0.4, 0.5) is 17.2 Å². The van der Waals surface area contributed by atoms with E-state index in [0.29, 0.717) is 83.7 Å². The maximum absolute atomic E-state index is 14.1. The molecule has 2 fully saturated rings. The zero-order chi connectivity index (χ0) is 48.8. The fraction of sp³-hybridized carbons (Fsp3) is 0.311. The van der Waals surface area contributed by atoms with Crippen LogP contribution in [0.3, 0.4) is 0 Å². The number of carboxylic acid groups (broad SMARTS) is 6. The Labute approximate surface area is 379 Å². The number of carbonyl (C=O) groups excluding carboxylic acids is 1. The average molecular weight is 916 g/mol. The maximum Gasteiger partial charge on any atom is 0.328 e. The van der Waals surface area contributed by atoms with E-state index in [9.17, 15) is 33.6 Å². The smallest absolute Gasteiger partial charge is 0.328 e. The lowest BCUT2D eigenvalue weighted by molar-refractivity contribution is -0.134. The summed E-state index contributed by atoms with van der Waals surface area (Å²) in [4.78, 5) is 87.4. The number of aryl methyl sites for hydroxylation is 1. The summed E-state index contributed by atoms with van der Waals surface area (Å²) in [6.07, 6.45) is 12.3. The molecule has 0 spiro atoms. The van der Waals surface area contributed by atoms with Crippen molar-refractivity contribution in [3.8, 4) is 5.75 Å². The van der Waals surface area contributed by atoms with E-state index in [1.807, 2.05) is 42.5 Å². The van der Waals surface area contributed by atoms with Crippen molar-refractivity contribution < 1.29 is 68.9 Å². The summed E-state index contributed by atoms with van der Waals surface area (Å²) in [6.45, 7) is 4.56. The number of likely N-dealkylation sites (N-methyl/N-ethyl adjacent to an activating group) is 1. The third-order valence-corrected chi connectivity index (χ3v) is 10.1. The Kier molecular flexibility index (Phi) is 21.2. The number of amides is 1. The van der Waals surface area contributed by atoms with Gasteiger partial charge in [-0.05, 0) is 56.8 Å². The zero-order valence-electron chi connectivity index (χ0n) is 36.3. The normalized spacial score (nSPS) is 16.2. The fourth-order valence-electron chi connectivity index (χ4n) is 7.07. The van der Waals surface area contributed by atoms with Gasteiger partial charge >= 0.3 is 35.8 Å². The van der Waals surface area contributed by atoms with Gasteiger partial charge in [0.15, 0.2) is 0 Å². The highest BCUT2D eigenvalue weighted by Gasteiger charge is 2.32. The summed E-state index contributed by atoms with van der Waals surface area (Å²) < 4.78 is 7.98. The minimum absolute atomic E-state index is 0.0376. The third kappa shape index (κ3) is 17.3. The Morgan fingerprint density at radius 1 is 0.667 bits per heavy atom. The van der Waals surface area contributed by atoms with Crippen LogP contribution in [0.15, 0.2) is 104 Å². The van der Waals surface area contributed by atoms with Crippen LogP contribution in [-0.4, -0.2) is 143 Å². The molecule has 352 valence electrons. The lowest BCUT2D eigenvalue weighted by Gasteiger charge is -2.41. The number of carbonyl (C=O) groups is 7. The SMILES string of the molecule is COc1ccccc1N(C(=O)CCc1ccccc1)c1cn(C2CCC(N3CCN(C)CC3)CC2)c2ncnc(N)c12.O=C(O)/C=C\C(=O)O.O=C(O)/C=C\C(=O)O.O=C(O)/C=C\C(=O)O. The van der Waals surface area contributed by atoms with E-state index in [1.54, 1.807) is 12.0 Å². The lowest BCUT2D eigenvalue weighted by atomic mass is 9.89. The van der Waals surface area contributed by atoms with Gasteiger partial charge in [-0.15, -0.1) is 0 Å². The standard InChI is InChI=1S/C33H41N7O2.3C4H4O4/c1-37-18-20-38(21-19-37)25-13-15-26(16-14-25)39-22-28(31-32(34)35-23-36-33(31)39)40(27-10-6-7-11-29(27)42-2)30(41)17-12-24-8-4-3-5-9-24;3*5-3(6)1-2-4(7)8/h3-11,22-23,25-26H,12-21H2,1-2H3,(H2,34,35,36);3*1-2H,(H,5,6)(H,7,8)/b;3*2-1-. The highest BCUT2D eigenvalue weighted by Crippen LogP contribution is 2.43. The van der Waals surface area contributed by atoms with Gasteiger partial charge in [-0.2, -0.15) is 0 Å². The summed E-state index contributed by atoms with van der Waals surface area (Å²) in [5.74, 6) is -6.59. The van der Waals surface area contributed by atoms with Gasteiger partial charge in [-0.3, -0.25) is 14.6 Å². The molecule has 66 heavy (non-hydrogen) atoms. The molecule has 1 aliphatic carbocycles. The molecule has 3 heterocycles. The lowest BCUT2D eigenvalue weighted by Crippen LogP contribution is -2.49. The van der Waals surface area contributed by atoms with Crippen LogP contribution >= 0.6 is 0 Å². The van der Waals surface area contributed by atoms with E-state index in [1.165, 1.54) is 6.33 Å². The number of ether oxygens (including phenoxy) is 1. The first-order valence-electron chi connectivity index (χ1n) is 20.4. The van der Waals surface area contributed by atoms with E-state index in [0.717, 1.165) is 63.1 Å². The van der Waals surface area contributed by atoms with Crippen LogP contribution in [0, 0.1) is 0 Å². The molecule has 0 unspecified atom stereocenters. The number of fused-ring (bicyclic) bond motifs is 1. The van der Waals surface area contributed by atoms with Crippen molar-refractivity contribution in [2.24, 2.45) is 0 Å². The second-order valence-corrected chi connectivity index (χ2v) is 14.6. The molecule has 21 nitrogen and oxygen atoms in total. The molecule has 8 N–H and O–H groups in total. The molecule has 21 heteroatoms. The number of aliphatic carboxylic acids is 6.